The summed E-state index contributed by atoms with van der Waals surface area (Å²) >= 11 is 0. The van der Waals surface area contributed by atoms with Crippen LogP contribution >= 0.6 is 0 Å². The molecule has 0 aliphatic heterocycles. The van der Waals surface area contributed by atoms with Crippen LogP contribution in [-0.2, 0) is 6.18 Å². The number of rotatable bonds is 2. The highest BCUT2D eigenvalue weighted by Gasteiger charge is 2.30. The third-order valence-electron chi connectivity index (χ3n) is 3.05. The van der Waals surface area contributed by atoms with Crippen molar-refractivity contribution in [2.45, 2.75) is 6.18 Å². The number of fused-ring (bicyclic) bond motifs is 1. The second kappa shape index (κ2) is 4.83. The van der Waals surface area contributed by atoms with Crippen molar-refractivity contribution in [2.24, 2.45) is 0 Å². The number of aromatic nitrogens is 3. The minimum absolute atomic E-state index is 0.0804. The van der Waals surface area contributed by atoms with Gasteiger partial charge in [-0.1, -0.05) is 18.2 Å². The standard InChI is InChI=1S/C14H8F3N3O2/c15-14(16,17)9-6-4-8(5-7-9)12-18-11-3-1-2-10(13(21)22)20(11)19-12/h1-7H,(H,21,22). The molecule has 3 aromatic rings. The Morgan fingerprint density at radius 1 is 1.09 bits per heavy atom. The van der Waals surface area contributed by atoms with Crippen LogP contribution in [0.15, 0.2) is 42.5 Å². The van der Waals surface area contributed by atoms with E-state index in [2.05, 4.69) is 10.1 Å². The molecule has 22 heavy (non-hydrogen) atoms. The van der Waals surface area contributed by atoms with E-state index in [1.807, 2.05) is 0 Å². The monoisotopic (exact) mass is 307 g/mol. The number of hydrogen-bond acceptors (Lipinski definition) is 3. The molecule has 8 heteroatoms. The van der Waals surface area contributed by atoms with Gasteiger partial charge in [0.1, 0.15) is 0 Å². The maximum atomic E-state index is 12.5. The quantitative estimate of drug-likeness (QED) is 0.790. The van der Waals surface area contributed by atoms with E-state index in [1.54, 1.807) is 6.07 Å². The topological polar surface area (TPSA) is 67.5 Å². The molecule has 0 aliphatic carbocycles. The smallest absolute Gasteiger partial charge is 0.416 e. The van der Waals surface area contributed by atoms with Crippen molar-refractivity contribution >= 4 is 11.6 Å². The van der Waals surface area contributed by atoms with Gasteiger partial charge < -0.3 is 5.11 Å². The van der Waals surface area contributed by atoms with Gasteiger partial charge in [-0.15, -0.1) is 5.10 Å². The summed E-state index contributed by atoms with van der Waals surface area (Å²) in [7, 11) is 0. The number of halogens is 3. The molecular formula is C14H8F3N3O2. The number of pyridine rings is 1. The van der Waals surface area contributed by atoms with Crippen LogP contribution in [0, 0.1) is 0 Å². The number of carboxylic acid groups (broad SMARTS) is 1. The summed E-state index contributed by atoms with van der Waals surface area (Å²) in [6.45, 7) is 0. The molecule has 1 N–H and O–H groups in total. The van der Waals surface area contributed by atoms with Crippen molar-refractivity contribution in [1.82, 2.24) is 14.6 Å². The number of aromatic carboxylic acids is 1. The first-order valence-corrected chi connectivity index (χ1v) is 6.13. The van der Waals surface area contributed by atoms with E-state index in [9.17, 15) is 18.0 Å². The van der Waals surface area contributed by atoms with Crippen molar-refractivity contribution in [1.29, 1.82) is 0 Å². The summed E-state index contributed by atoms with van der Waals surface area (Å²) in [5.74, 6) is -1.02. The maximum absolute atomic E-state index is 12.5. The van der Waals surface area contributed by atoms with E-state index < -0.39 is 17.7 Å². The first-order chi connectivity index (χ1) is 10.4. The predicted molar refractivity (Wildman–Crippen MR) is 70.4 cm³/mol. The Labute approximate surface area is 121 Å². The van der Waals surface area contributed by atoms with Gasteiger partial charge in [-0.2, -0.15) is 13.2 Å². The van der Waals surface area contributed by atoms with Crippen LogP contribution in [0.1, 0.15) is 16.1 Å². The molecule has 5 nitrogen and oxygen atoms in total. The molecule has 0 saturated carbocycles. The number of carboxylic acids is 1. The van der Waals surface area contributed by atoms with Gasteiger partial charge in [-0.05, 0) is 24.3 Å². The van der Waals surface area contributed by atoms with Crippen molar-refractivity contribution < 1.29 is 23.1 Å². The lowest BCUT2D eigenvalue weighted by molar-refractivity contribution is -0.137. The maximum Gasteiger partial charge on any atom is 0.416 e. The van der Waals surface area contributed by atoms with Crippen LogP contribution in [-0.4, -0.2) is 25.7 Å². The summed E-state index contributed by atoms with van der Waals surface area (Å²) in [6, 6.07) is 8.80. The van der Waals surface area contributed by atoms with E-state index in [0.29, 0.717) is 11.2 Å². The number of nitrogens with zero attached hydrogens (tertiary/aromatic N) is 3. The molecule has 1 aromatic carbocycles. The van der Waals surface area contributed by atoms with Crippen molar-refractivity contribution in [3.05, 3.63) is 53.7 Å². The lowest BCUT2D eigenvalue weighted by atomic mass is 10.1. The highest BCUT2D eigenvalue weighted by molar-refractivity contribution is 5.86. The molecule has 0 saturated heterocycles. The van der Waals surface area contributed by atoms with Gasteiger partial charge in [0, 0.05) is 5.56 Å². The average Bonchev–Trinajstić information content (AvgIpc) is 2.90. The van der Waals surface area contributed by atoms with Gasteiger partial charge >= 0.3 is 12.1 Å². The largest absolute Gasteiger partial charge is 0.477 e. The van der Waals surface area contributed by atoms with Crippen LogP contribution in [0.2, 0.25) is 0 Å². The Bertz CT molecular complexity index is 854. The molecule has 3 rings (SSSR count). The zero-order chi connectivity index (χ0) is 15.9. The lowest BCUT2D eigenvalue weighted by Gasteiger charge is -2.05. The first-order valence-electron chi connectivity index (χ1n) is 6.13. The van der Waals surface area contributed by atoms with Crippen molar-refractivity contribution in [3.8, 4) is 11.4 Å². The summed E-state index contributed by atoms with van der Waals surface area (Å²) in [4.78, 5) is 15.2. The fraction of sp³-hybridized carbons (Fsp3) is 0.0714. The number of carbonyl (C=O) groups is 1. The van der Waals surface area contributed by atoms with Crippen LogP contribution in [0.4, 0.5) is 13.2 Å². The van der Waals surface area contributed by atoms with E-state index >= 15 is 0 Å². The number of benzene rings is 1. The molecule has 0 unspecified atom stereocenters. The van der Waals surface area contributed by atoms with Crippen LogP contribution < -0.4 is 0 Å². The Balaban J connectivity index is 2.07. The first kappa shape index (κ1) is 14.1. The summed E-state index contributed by atoms with van der Waals surface area (Å²) in [5, 5.41) is 13.1. The minimum Gasteiger partial charge on any atom is -0.477 e. The fourth-order valence-corrected chi connectivity index (χ4v) is 2.00. The molecule has 2 aromatic heterocycles. The molecule has 0 aliphatic rings. The van der Waals surface area contributed by atoms with Gasteiger partial charge in [0.25, 0.3) is 0 Å². The Morgan fingerprint density at radius 3 is 2.36 bits per heavy atom. The van der Waals surface area contributed by atoms with Gasteiger partial charge in [-0.25, -0.2) is 14.3 Å². The molecule has 0 fully saturated rings. The van der Waals surface area contributed by atoms with Crippen LogP contribution in [0.5, 0.6) is 0 Å². The van der Waals surface area contributed by atoms with Gasteiger partial charge in [0.2, 0.25) is 0 Å². The van der Waals surface area contributed by atoms with Crippen LogP contribution in [0.3, 0.4) is 0 Å². The highest BCUT2D eigenvalue weighted by atomic mass is 19.4. The van der Waals surface area contributed by atoms with Crippen molar-refractivity contribution in [2.75, 3.05) is 0 Å². The Hall–Kier alpha value is -2.90. The van der Waals surface area contributed by atoms with Gasteiger partial charge in [-0.3, -0.25) is 0 Å². The number of alkyl halides is 3. The summed E-state index contributed by atoms with van der Waals surface area (Å²) in [5.41, 5.74) is -0.183. The molecule has 2 heterocycles. The SMILES string of the molecule is O=C(O)c1cccc2nc(-c3ccc(C(F)(F)F)cc3)nn12. The molecule has 0 bridgehead atoms. The third kappa shape index (κ3) is 2.39. The normalized spacial score (nSPS) is 11.8. The third-order valence-corrected chi connectivity index (χ3v) is 3.05. The molecule has 112 valence electrons. The second-order valence-electron chi connectivity index (χ2n) is 4.50. The zero-order valence-corrected chi connectivity index (χ0v) is 10.9. The van der Waals surface area contributed by atoms with Gasteiger partial charge in [0.15, 0.2) is 17.2 Å². The molecule has 0 radical (unpaired) electrons. The van der Waals surface area contributed by atoms with Crippen LogP contribution in [0.25, 0.3) is 17.0 Å². The second-order valence-corrected chi connectivity index (χ2v) is 4.50. The highest BCUT2D eigenvalue weighted by Crippen LogP contribution is 2.30. The van der Waals surface area contributed by atoms with Crippen molar-refractivity contribution in [3.63, 3.8) is 0 Å². The number of hydrogen-bond donors (Lipinski definition) is 1. The Morgan fingerprint density at radius 2 is 1.77 bits per heavy atom. The lowest BCUT2D eigenvalue weighted by Crippen LogP contribution is -2.05. The summed E-state index contributed by atoms with van der Waals surface area (Å²) in [6.07, 6.45) is -4.42. The summed E-state index contributed by atoms with van der Waals surface area (Å²) < 4.78 is 38.7. The predicted octanol–water partition coefficient (Wildman–Crippen LogP) is 3.11. The fourth-order valence-electron chi connectivity index (χ4n) is 2.00. The van der Waals surface area contributed by atoms with E-state index in [1.165, 1.54) is 24.3 Å². The Kier molecular flexibility index (Phi) is 3.09. The van der Waals surface area contributed by atoms with Gasteiger partial charge in [0.05, 0.1) is 5.56 Å². The van der Waals surface area contributed by atoms with E-state index in [-0.39, 0.29) is 11.5 Å². The zero-order valence-electron chi connectivity index (χ0n) is 10.9. The molecule has 0 spiro atoms. The average molecular weight is 307 g/mol. The van der Waals surface area contributed by atoms with E-state index in [0.717, 1.165) is 16.6 Å². The molecule has 0 atom stereocenters. The minimum atomic E-state index is -4.42. The van der Waals surface area contributed by atoms with E-state index in [4.69, 9.17) is 5.11 Å². The molecular weight excluding hydrogens is 299 g/mol. The molecule has 0 amide bonds.